The van der Waals surface area contributed by atoms with Gasteiger partial charge >= 0.3 is 0 Å². The van der Waals surface area contributed by atoms with Gasteiger partial charge in [-0.1, -0.05) is 12.1 Å². The van der Waals surface area contributed by atoms with Gasteiger partial charge in [0.15, 0.2) is 0 Å². The number of carbonyl (C=O) groups is 1. The largest absolute Gasteiger partial charge is 0.352 e. The summed E-state index contributed by atoms with van der Waals surface area (Å²) in [4.78, 5) is 15.7. The van der Waals surface area contributed by atoms with Crippen molar-refractivity contribution >= 4 is 21.8 Å². The van der Waals surface area contributed by atoms with E-state index in [1.807, 2.05) is 13.8 Å². The topological polar surface area (TPSA) is 87.6 Å². The van der Waals surface area contributed by atoms with E-state index in [1.54, 1.807) is 18.2 Å². The second-order valence-electron chi connectivity index (χ2n) is 4.49. The van der Waals surface area contributed by atoms with Crippen LogP contribution in [-0.2, 0) is 14.8 Å². The predicted octanol–water partition coefficient (Wildman–Crippen LogP) is 0.250. The van der Waals surface area contributed by atoms with Crippen LogP contribution in [0.3, 0.4) is 0 Å². The summed E-state index contributed by atoms with van der Waals surface area (Å²) >= 11 is 0. The zero-order chi connectivity index (χ0) is 14.0. The minimum atomic E-state index is -3.54. The molecule has 1 heterocycles. The number of benzene rings is 1. The van der Waals surface area contributed by atoms with E-state index in [2.05, 4.69) is 15.0 Å². The molecule has 0 radical (unpaired) electrons. The summed E-state index contributed by atoms with van der Waals surface area (Å²) in [6.45, 7) is 3.58. The van der Waals surface area contributed by atoms with E-state index in [0.29, 0.717) is 5.56 Å². The number of fused-ring (bicyclic) bond motifs is 1. The summed E-state index contributed by atoms with van der Waals surface area (Å²) < 4.78 is 25.9. The van der Waals surface area contributed by atoms with Crippen molar-refractivity contribution in [1.82, 2.24) is 10.0 Å². The number of rotatable bonds is 3. The molecule has 2 rings (SSSR count). The molecule has 0 bridgehead atoms. The Morgan fingerprint density at radius 1 is 1.37 bits per heavy atom. The zero-order valence-corrected chi connectivity index (χ0v) is 11.5. The minimum Gasteiger partial charge on any atom is -0.352 e. The van der Waals surface area contributed by atoms with Crippen molar-refractivity contribution in [2.24, 2.45) is 4.99 Å². The van der Waals surface area contributed by atoms with Crippen molar-refractivity contribution in [3.05, 3.63) is 29.8 Å². The highest BCUT2D eigenvalue weighted by atomic mass is 32.2. The molecular formula is C12H15N3O3S. The van der Waals surface area contributed by atoms with E-state index in [1.165, 1.54) is 6.07 Å². The van der Waals surface area contributed by atoms with Crippen LogP contribution in [0.2, 0.25) is 0 Å². The van der Waals surface area contributed by atoms with Crippen molar-refractivity contribution in [2.75, 3.05) is 6.54 Å². The fourth-order valence-electron chi connectivity index (χ4n) is 1.77. The number of amidine groups is 1. The lowest BCUT2D eigenvalue weighted by atomic mass is 10.2. The standard InChI is InChI=1S/C12H15N3O3S/c1-8(2)14-11(16)7-13-12-9-5-3-4-6-10(9)19(17,18)15-12/h3-6,8H,7H2,1-2H3,(H,13,15)(H,14,16). The van der Waals surface area contributed by atoms with Crippen molar-refractivity contribution in [3.63, 3.8) is 0 Å². The maximum absolute atomic E-state index is 11.8. The lowest BCUT2D eigenvalue weighted by Crippen LogP contribution is -2.33. The van der Waals surface area contributed by atoms with Crippen molar-refractivity contribution in [2.45, 2.75) is 24.8 Å². The third-order valence-electron chi connectivity index (χ3n) is 2.49. The van der Waals surface area contributed by atoms with Crippen LogP contribution in [0.25, 0.3) is 0 Å². The Morgan fingerprint density at radius 2 is 2.05 bits per heavy atom. The molecule has 0 atom stereocenters. The van der Waals surface area contributed by atoms with Crippen LogP contribution >= 0.6 is 0 Å². The van der Waals surface area contributed by atoms with E-state index in [-0.39, 0.29) is 29.2 Å². The highest BCUT2D eigenvalue weighted by molar-refractivity contribution is 7.90. The number of aliphatic imine (C=N–C) groups is 1. The third kappa shape index (κ3) is 2.93. The van der Waals surface area contributed by atoms with E-state index >= 15 is 0 Å². The number of nitrogens with one attached hydrogen (secondary N) is 2. The van der Waals surface area contributed by atoms with E-state index in [0.717, 1.165) is 0 Å². The molecule has 1 aliphatic heterocycles. The lowest BCUT2D eigenvalue weighted by molar-refractivity contribution is -0.120. The molecule has 1 amide bonds. The molecule has 7 heteroatoms. The van der Waals surface area contributed by atoms with Gasteiger partial charge in [-0.25, -0.2) is 8.42 Å². The van der Waals surface area contributed by atoms with E-state index in [4.69, 9.17) is 0 Å². The number of hydrogen-bond donors (Lipinski definition) is 2. The maximum atomic E-state index is 11.8. The third-order valence-corrected chi connectivity index (χ3v) is 3.89. The Labute approximate surface area is 112 Å². The molecule has 0 aromatic heterocycles. The number of sulfonamides is 1. The van der Waals surface area contributed by atoms with Crippen LogP contribution in [0.15, 0.2) is 34.2 Å². The van der Waals surface area contributed by atoms with Gasteiger partial charge in [0, 0.05) is 11.6 Å². The highest BCUT2D eigenvalue weighted by Crippen LogP contribution is 2.21. The summed E-state index contributed by atoms with van der Waals surface area (Å²) in [6.07, 6.45) is 0. The quantitative estimate of drug-likeness (QED) is 0.832. The normalized spacial score (nSPS) is 18.2. The second-order valence-corrected chi connectivity index (χ2v) is 6.14. The van der Waals surface area contributed by atoms with E-state index in [9.17, 15) is 13.2 Å². The number of nitrogens with zero attached hydrogens (tertiary/aromatic N) is 1. The van der Waals surface area contributed by atoms with Crippen LogP contribution < -0.4 is 10.0 Å². The predicted molar refractivity (Wildman–Crippen MR) is 71.4 cm³/mol. The summed E-state index contributed by atoms with van der Waals surface area (Å²) in [5.41, 5.74) is 0.500. The molecule has 6 nitrogen and oxygen atoms in total. The van der Waals surface area contributed by atoms with Crippen LogP contribution in [0.1, 0.15) is 19.4 Å². The molecule has 19 heavy (non-hydrogen) atoms. The van der Waals surface area contributed by atoms with Crippen molar-refractivity contribution in [1.29, 1.82) is 0 Å². The number of hydrogen-bond acceptors (Lipinski definition) is 4. The van der Waals surface area contributed by atoms with Gasteiger partial charge in [-0.15, -0.1) is 0 Å². The molecule has 1 aromatic carbocycles. The molecule has 1 aliphatic rings. The molecular weight excluding hydrogens is 266 g/mol. The first kappa shape index (κ1) is 13.5. The van der Waals surface area contributed by atoms with Gasteiger partial charge in [-0.2, -0.15) is 0 Å². The average molecular weight is 281 g/mol. The molecule has 1 aromatic rings. The van der Waals surface area contributed by atoms with E-state index < -0.39 is 10.0 Å². The molecule has 0 fully saturated rings. The second kappa shape index (κ2) is 5.00. The molecule has 0 aliphatic carbocycles. The van der Waals surface area contributed by atoms with Crippen LogP contribution in [0, 0.1) is 0 Å². The van der Waals surface area contributed by atoms with Crippen molar-refractivity contribution < 1.29 is 13.2 Å². The van der Waals surface area contributed by atoms with Crippen LogP contribution in [0.5, 0.6) is 0 Å². The summed E-state index contributed by atoms with van der Waals surface area (Å²) in [6, 6.07) is 6.57. The monoisotopic (exact) mass is 281 g/mol. The zero-order valence-electron chi connectivity index (χ0n) is 10.7. The van der Waals surface area contributed by atoms with Gasteiger partial charge in [0.05, 0.1) is 4.90 Å². The first-order valence-electron chi connectivity index (χ1n) is 5.86. The Balaban J connectivity index is 2.22. The minimum absolute atomic E-state index is 0.0280. The maximum Gasteiger partial charge on any atom is 0.263 e. The van der Waals surface area contributed by atoms with Gasteiger partial charge in [0.25, 0.3) is 10.0 Å². The van der Waals surface area contributed by atoms with Crippen LogP contribution in [0.4, 0.5) is 0 Å². The molecule has 0 spiro atoms. The fraction of sp³-hybridized carbons (Fsp3) is 0.333. The summed E-state index contributed by atoms with van der Waals surface area (Å²) in [5, 5.41) is 2.69. The van der Waals surface area contributed by atoms with Gasteiger partial charge in [-0.05, 0) is 26.0 Å². The molecule has 102 valence electrons. The summed E-state index contributed by atoms with van der Waals surface area (Å²) in [5.74, 6) is -0.0272. The van der Waals surface area contributed by atoms with Gasteiger partial charge < -0.3 is 5.32 Å². The highest BCUT2D eigenvalue weighted by Gasteiger charge is 2.30. The Hall–Kier alpha value is -1.89. The summed E-state index contributed by atoms with van der Waals surface area (Å²) in [7, 11) is -3.54. The number of amides is 1. The SMILES string of the molecule is CC(C)NC(=O)CN=C1NS(=O)(=O)c2ccccc21. The van der Waals surface area contributed by atoms with Gasteiger partial charge in [-0.3, -0.25) is 14.5 Å². The molecule has 0 unspecified atom stereocenters. The smallest absolute Gasteiger partial charge is 0.263 e. The van der Waals surface area contributed by atoms with Crippen molar-refractivity contribution in [3.8, 4) is 0 Å². The van der Waals surface area contributed by atoms with Gasteiger partial charge in [0.2, 0.25) is 5.91 Å². The first-order chi connectivity index (χ1) is 8.90. The fourth-order valence-corrected chi connectivity index (χ4v) is 3.02. The average Bonchev–Trinajstić information content (AvgIpc) is 2.59. The Bertz CT molecular complexity index is 635. The Kier molecular flexibility index (Phi) is 3.57. The molecule has 0 saturated carbocycles. The van der Waals surface area contributed by atoms with Crippen LogP contribution in [-0.4, -0.2) is 32.7 Å². The first-order valence-corrected chi connectivity index (χ1v) is 7.34. The molecule has 0 saturated heterocycles. The lowest BCUT2D eigenvalue weighted by Gasteiger charge is -2.06. The molecule has 2 N–H and O–H groups in total. The number of carbonyl (C=O) groups excluding carboxylic acids is 1. The Morgan fingerprint density at radius 3 is 2.74 bits per heavy atom. The van der Waals surface area contributed by atoms with Gasteiger partial charge in [0.1, 0.15) is 12.4 Å².